The topological polar surface area (TPSA) is 26.0 Å². The van der Waals surface area contributed by atoms with E-state index in [2.05, 4.69) is 0 Å². The van der Waals surface area contributed by atoms with Crippen LogP contribution < -0.4 is 5.73 Å². The summed E-state index contributed by atoms with van der Waals surface area (Å²) in [5.41, 5.74) is 3.03. The van der Waals surface area contributed by atoms with Crippen LogP contribution in [-0.2, 0) is 6.18 Å². The standard InChI is InChI=1S/C9H7F6N.ClH/c10-8(11,12)6-3-1-2-5(4-6)7(16)9(13,14)15;/h1-4,7H,16H2;1H/t7-;/m1./s1. The third-order valence-corrected chi connectivity index (χ3v) is 1.93. The van der Waals surface area contributed by atoms with Gasteiger partial charge < -0.3 is 5.73 Å². The molecule has 1 aromatic carbocycles. The summed E-state index contributed by atoms with van der Waals surface area (Å²) in [7, 11) is 0. The molecule has 0 unspecified atom stereocenters. The lowest BCUT2D eigenvalue weighted by atomic mass is 10.0. The minimum atomic E-state index is -4.76. The SMILES string of the molecule is Cl.N[C@H](c1cccc(C(F)(F)F)c1)C(F)(F)F. The molecule has 0 bridgehead atoms. The van der Waals surface area contributed by atoms with Crippen molar-refractivity contribution in [2.45, 2.75) is 18.4 Å². The molecule has 1 aromatic rings. The number of nitrogens with two attached hydrogens (primary N) is 1. The first-order valence-corrected chi connectivity index (χ1v) is 4.12. The minimum absolute atomic E-state index is 0. The molecule has 0 aliphatic carbocycles. The fourth-order valence-corrected chi connectivity index (χ4v) is 1.10. The highest BCUT2D eigenvalue weighted by atomic mass is 35.5. The summed E-state index contributed by atoms with van der Waals surface area (Å²) < 4.78 is 73.1. The maximum absolute atomic E-state index is 12.2. The van der Waals surface area contributed by atoms with Gasteiger partial charge in [0, 0.05) is 0 Å². The zero-order valence-corrected chi connectivity index (χ0v) is 8.96. The Morgan fingerprint density at radius 2 is 1.53 bits per heavy atom. The minimum Gasteiger partial charge on any atom is -0.316 e. The second-order valence-corrected chi connectivity index (χ2v) is 3.14. The number of alkyl halides is 6. The number of halogens is 7. The molecule has 1 nitrogen and oxygen atoms in total. The lowest BCUT2D eigenvalue weighted by molar-refractivity contribution is -0.150. The third-order valence-electron chi connectivity index (χ3n) is 1.93. The zero-order chi connectivity index (χ0) is 12.6. The van der Waals surface area contributed by atoms with E-state index in [1.54, 1.807) is 0 Å². The first kappa shape index (κ1) is 16.1. The molecule has 0 spiro atoms. The smallest absolute Gasteiger partial charge is 0.316 e. The molecule has 0 amide bonds. The van der Waals surface area contributed by atoms with Crippen LogP contribution in [0.1, 0.15) is 17.2 Å². The molecule has 0 aromatic heterocycles. The first-order valence-electron chi connectivity index (χ1n) is 4.12. The Bertz CT molecular complexity index is 372. The van der Waals surface area contributed by atoms with Crippen molar-refractivity contribution < 1.29 is 26.3 Å². The Hall–Kier alpha value is -0.950. The highest BCUT2D eigenvalue weighted by molar-refractivity contribution is 5.85. The van der Waals surface area contributed by atoms with Crippen molar-refractivity contribution in [2.24, 2.45) is 5.73 Å². The Morgan fingerprint density at radius 3 is 1.94 bits per heavy atom. The summed E-state index contributed by atoms with van der Waals surface area (Å²) in [6.45, 7) is 0. The Kier molecular flexibility index (Phi) is 4.85. The summed E-state index contributed by atoms with van der Waals surface area (Å²) in [5.74, 6) is 0. The summed E-state index contributed by atoms with van der Waals surface area (Å²) in [6, 6.07) is 0.483. The van der Waals surface area contributed by atoms with Gasteiger partial charge in [0.25, 0.3) is 0 Å². The van der Waals surface area contributed by atoms with Crippen LogP contribution in [0.3, 0.4) is 0 Å². The molecule has 1 rings (SSSR count). The van der Waals surface area contributed by atoms with Gasteiger partial charge in [0.05, 0.1) is 5.56 Å². The predicted octanol–water partition coefficient (Wildman–Crippen LogP) is 3.69. The van der Waals surface area contributed by atoms with Crippen LogP contribution in [0.2, 0.25) is 0 Å². The largest absolute Gasteiger partial charge is 0.416 e. The van der Waals surface area contributed by atoms with E-state index in [0.717, 1.165) is 12.1 Å². The molecule has 0 radical (unpaired) electrons. The average molecular weight is 280 g/mol. The van der Waals surface area contributed by atoms with Crippen molar-refractivity contribution in [3.63, 3.8) is 0 Å². The Labute approximate surface area is 99.0 Å². The van der Waals surface area contributed by atoms with Gasteiger partial charge in [-0.25, -0.2) is 0 Å². The molecule has 0 heterocycles. The van der Waals surface area contributed by atoms with Crippen molar-refractivity contribution in [2.75, 3.05) is 0 Å². The van der Waals surface area contributed by atoms with E-state index < -0.39 is 29.5 Å². The van der Waals surface area contributed by atoms with Crippen LogP contribution >= 0.6 is 12.4 Å². The van der Waals surface area contributed by atoms with E-state index in [0.29, 0.717) is 12.1 Å². The van der Waals surface area contributed by atoms with Gasteiger partial charge >= 0.3 is 12.4 Å². The second kappa shape index (κ2) is 5.14. The molecule has 0 saturated carbocycles. The molecule has 0 fully saturated rings. The normalized spacial score (nSPS) is 14.1. The zero-order valence-electron chi connectivity index (χ0n) is 8.14. The van der Waals surface area contributed by atoms with Gasteiger partial charge in [0.15, 0.2) is 0 Å². The van der Waals surface area contributed by atoms with Gasteiger partial charge in [-0.3, -0.25) is 0 Å². The van der Waals surface area contributed by atoms with Crippen LogP contribution in [0.5, 0.6) is 0 Å². The van der Waals surface area contributed by atoms with Gasteiger partial charge in [-0.15, -0.1) is 12.4 Å². The lowest BCUT2D eigenvalue weighted by Gasteiger charge is -2.17. The number of rotatable bonds is 1. The van der Waals surface area contributed by atoms with E-state index in [-0.39, 0.29) is 12.4 Å². The van der Waals surface area contributed by atoms with Crippen LogP contribution in [0.15, 0.2) is 24.3 Å². The summed E-state index contributed by atoms with van der Waals surface area (Å²) in [6.07, 6.45) is -9.44. The van der Waals surface area contributed by atoms with Crippen LogP contribution in [-0.4, -0.2) is 6.18 Å². The van der Waals surface area contributed by atoms with Crippen LogP contribution in [0, 0.1) is 0 Å². The number of hydrogen-bond donors (Lipinski definition) is 1. The summed E-state index contributed by atoms with van der Waals surface area (Å²) >= 11 is 0. The maximum atomic E-state index is 12.2. The molecule has 8 heteroatoms. The number of hydrogen-bond acceptors (Lipinski definition) is 1. The molecule has 0 aliphatic heterocycles. The predicted molar refractivity (Wildman–Crippen MR) is 51.7 cm³/mol. The van der Waals surface area contributed by atoms with Crippen molar-refractivity contribution in [1.29, 1.82) is 0 Å². The summed E-state index contributed by atoms with van der Waals surface area (Å²) in [5, 5.41) is 0. The van der Waals surface area contributed by atoms with Crippen LogP contribution in [0.4, 0.5) is 26.3 Å². The molecule has 1 atom stereocenters. The Morgan fingerprint density at radius 1 is 1.00 bits per heavy atom. The van der Waals surface area contributed by atoms with Gasteiger partial charge in [0.1, 0.15) is 6.04 Å². The van der Waals surface area contributed by atoms with Gasteiger partial charge in [-0.2, -0.15) is 26.3 Å². The average Bonchev–Trinajstić information content (AvgIpc) is 2.14. The molecular formula is C9H8ClF6N. The van der Waals surface area contributed by atoms with Crippen molar-refractivity contribution in [3.8, 4) is 0 Å². The van der Waals surface area contributed by atoms with Gasteiger partial charge in [-0.05, 0) is 17.7 Å². The van der Waals surface area contributed by atoms with Gasteiger partial charge in [0.2, 0.25) is 0 Å². The van der Waals surface area contributed by atoms with Crippen molar-refractivity contribution in [3.05, 3.63) is 35.4 Å². The van der Waals surface area contributed by atoms with E-state index >= 15 is 0 Å². The first-order chi connectivity index (χ1) is 7.12. The lowest BCUT2D eigenvalue weighted by Crippen LogP contribution is -2.28. The van der Waals surface area contributed by atoms with E-state index in [1.807, 2.05) is 0 Å². The molecule has 98 valence electrons. The van der Waals surface area contributed by atoms with E-state index in [4.69, 9.17) is 5.73 Å². The van der Waals surface area contributed by atoms with Crippen molar-refractivity contribution in [1.82, 2.24) is 0 Å². The van der Waals surface area contributed by atoms with Crippen molar-refractivity contribution >= 4 is 12.4 Å². The molecule has 0 aliphatic rings. The summed E-state index contributed by atoms with van der Waals surface area (Å²) in [4.78, 5) is 0. The Balaban J connectivity index is 0.00000256. The fourth-order valence-electron chi connectivity index (χ4n) is 1.10. The number of benzene rings is 1. The highest BCUT2D eigenvalue weighted by Crippen LogP contribution is 2.34. The molecule has 2 N–H and O–H groups in total. The van der Waals surface area contributed by atoms with E-state index in [9.17, 15) is 26.3 Å². The highest BCUT2D eigenvalue weighted by Gasteiger charge is 2.39. The molecule has 0 saturated heterocycles. The van der Waals surface area contributed by atoms with Gasteiger partial charge in [-0.1, -0.05) is 12.1 Å². The van der Waals surface area contributed by atoms with E-state index in [1.165, 1.54) is 0 Å². The van der Waals surface area contributed by atoms with Crippen LogP contribution in [0.25, 0.3) is 0 Å². The monoisotopic (exact) mass is 279 g/mol. The fraction of sp³-hybridized carbons (Fsp3) is 0.333. The molecule has 17 heavy (non-hydrogen) atoms. The maximum Gasteiger partial charge on any atom is 0.416 e. The third kappa shape index (κ3) is 4.08. The molecular weight excluding hydrogens is 272 g/mol. The second-order valence-electron chi connectivity index (χ2n) is 3.14. The quantitative estimate of drug-likeness (QED) is 0.780.